The first-order chi connectivity index (χ1) is 18.6. The number of carbonyl (C=O) groups is 1. The Hall–Kier alpha value is -3.79. The van der Waals surface area contributed by atoms with Gasteiger partial charge in [-0.15, -0.1) is 0 Å². The number of aromatic nitrogens is 6. The molecule has 0 radical (unpaired) electrons. The van der Waals surface area contributed by atoms with Crippen molar-refractivity contribution in [2.75, 3.05) is 25.5 Å². The van der Waals surface area contributed by atoms with Gasteiger partial charge < -0.3 is 19.5 Å². The van der Waals surface area contributed by atoms with Crippen LogP contribution in [0.2, 0.25) is 0 Å². The third kappa shape index (κ3) is 5.38. The number of nitrogens with one attached hydrogen (secondary N) is 1. The summed E-state index contributed by atoms with van der Waals surface area (Å²) in [6, 6.07) is 8.03. The molecule has 1 N–H and O–H groups in total. The standard InChI is InChI=1S/C29H36N8O2/c1-29(2,3)25-15-26(34-37(25)20-9-11-35(4)17-20)32-28-33-27-23(36(28)5)14-22(16-31-27)39-21-8-10-30-19(12-21)13-24(38)18-6-7-18/h8,10,12,14-16,18,20H,6-7,9,11,13,17H2,1-5H3,(H,31,32,33,34)/t20-/m1/s1. The molecule has 1 atom stereocenters. The summed E-state index contributed by atoms with van der Waals surface area (Å²) in [7, 11) is 4.11. The number of fused-ring (bicyclic) bond motifs is 1. The van der Waals surface area contributed by atoms with E-state index in [0.29, 0.717) is 35.6 Å². The number of pyridine rings is 2. The topological polar surface area (TPSA) is 103 Å². The molecule has 1 aliphatic carbocycles. The van der Waals surface area contributed by atoms with Crippen LogP contribution in [0.4, 0.5) is 11.8 Å². The van der Waals surface area contributed by atoms with Crippen LogP contribution in [-0.2, 0) is 23.7 Å². The normalized spacial score (nSPS) is 18.1. The Morgan fingerprint density at radius 2 is 1.92 bits per heavy atom. The van der Waals surface area contributed by atoms with Crippen LogP contribution < -0.4 is 10.1 Å². The van der Waals surface area contributed by atoms with Gasteiger partial charge in [0.2, 0.25) is 5.95 Å². The zero-order valence-corrected chi connectivity index (χ0v) is 23.3. The predicted molar refractivity (Wildman–Crippen MR) is 150 cm³/mol. The highest BCUT2D eigenvalue weighted by atomic mass is 16.5. The van der Waals surface area contributed by atoms with Crippen molar-refractivity contribution in [3.05, 3.63) is 48.0 Å². The molecule has 4 aromatic heterocycles. The van der Waals surface area contributed by atoms with Crippen LogP contribution in [0.1, 0.15) is 57.5 Å². The first-order valence-corrected chi connectivity index (χ1v) is 13.7. The minimum atomic E-state index is -0.0355. The number of anilines is 2. The maximum Gasteiger partial charge on any atom is 0.210 e. The lowest BCUT2D eigenvalue weighted by molar-refractivity contribution is -0.119. The molecule has 10 nitrogen and oxygen atoms in total. The first-order valence-electron chi connectivity index (χ1n) is 13.7. The van der Waals surface area contributed by atoms with E-state index in [2.05, 4.69) is 58.8 Å². The fourth-order valence-electron chi connectivity index (χ4n) is 5.22. The highest BCUT2D eigenvalue weighted by Crippen LogP contribution is 2.33. The summed E-state index contributed by atoms with van der Waals surface area (Å²) in [5, 5.41) is 8.39. The molecule has 4 aromatic rings. The number of carbonyl (C=O) groups excluding carboxylic acids is 1. The van der Waals surface area contributed by atoms with Crippen LogP contribution in [0.25, 0.3) is 11.2 Å². The van der Waals surface area contributed by atoms with Crippen molar-refractivity contribution < 1.29 is 9.53 Å². The van der Waals surface area contributed by atoms with E-state index in [4.69, 9.17) is 14.8 Å². The van der Waals surface area contributed by atoms with Gasteiger partial charge in [0.25, 0.3) is 0 Å². The Kier molecular flexibility index (Phi) is 6.37. The number of hydrogen-bond acceptors (Lipinski definition) is 8. The van der Waals surface area contributed by atoms with E-state index in [0.717, 1.165) is 49.4 Å². The molecule has 10 heteroatoms. The van der Waals surface area contributed by atoms with Gasteiger partial charge in [0, 0.05) is 61.4 Å². The molecule has 1 saturated heterocycles. The molecule has 0 spiro atoms. The summed E-state index contributed by atoms with van der Waals surface area (Å²) in [6.07, 6.45) is 6.78. The highest BCUT2D eigenvalue weighted by molar-refractivity contribution is 5.85. The second-order valence-electron chi connectivity index (χ2n) is 11.9. The molecule has 2 fully saturated rings. The summed E-state index contributed by atoms with van der Waals surface area (Å²) in [4.78, 5) is 28.1. The average molecular weight is 529 g/mol. The second kappa shape index (κ2) is 9.75. The van der Waals surface area contributed by atoms with Gasteiger partial charge in [-0.3, -0.25) is 14.5 Å². The van der Waals surface area contributed by atoms with E-state index in [1.807, 2.05) is 23.7 Å². The lowest BCUT2D eigenvalue weighted by Gasteiger charge is -2.23. The van der Waals surface area contributed by atoms with E-state index < -0.39 is 0 Å². The summed E-state index contributed by atoms with van der Waals surface area (Å²) in [5.74, 6) is 3.12. The van der Waals surface area contributed by atoms with Gasteiger partial charge in [-0.05, 0) is 38.9 Å². The second-order valence-corrected chi connectivity index (χ2v) is 11.9. The molecule has 39 heavy (non-hydrogen) atoms. The maximum absolute atomic E-state index is 12.2. The van der Waals surface area contributed by atoms with Crippen LogP contribution in [0.3, 0.4) is 0 Å². The number of hydrogen-bond donors (Lipinski definition) is 1. The van der Waals surface area contributed by atoms with Crippen LogP contribution in [0, 0.1) is 5.92 Å². The van der Waals surface area contributed by atoms with Gasteiger partial charge in [-0.2, -0.15) is 10.1 Å². The zero-order chi connectivity index (χ0) is 27.3. The van der Waals surface area contributed by atoms with Gasteiger partial charge in [-0.25, -0.2) is 4.98 Å². The predicted octanol–water partition coefficient (Wildman–Crippen LogP) is 4.79. The van der Waals surface area contributed by atoms with Gasteiger partial charge >= 0.3 is 0 Å². The molecular weight excluding hydrogens is 492 g/mol. The Labute approximate surface area is 228 Å². The summed E-state index contributed by atoms with van der Waals surface area (Å²) >= 11 is 0. The molecule has 6 rings (SSSR count). The Balaban J connectivity index is 1.22. The van der Waals surface area contributed by atoms with Gasteiger partial charge in [0.1, 0.15) is 17.3 Å². The van der Waals surface area contributed by atoms with Gasteiger partial charge in [-0.1, -0.05) is 20.8 Å². The SMILES string of the molecule is CN1CC[C@@H](n2nc(Nc3nc4ncc(Oc5ccnc(CC(=O)C6CC6)c5)cc4n3C)cc2C(C)(C)C)C1. The Morgan fingerprint density at radius 1 is 1.10 bits per heavy atom. The molecular formula is C29H36N8O2. The molecule has 0 unspecified atom stereocenters. The van der Waals surface area contributed by atoms with E-state index in [9.17, 15) is 4.79 Å². The molecule has 0 aromatic carbocycles. The van der Waals surface area contributed by atoms with Crippen molar-refractivity contribution in [2.45, 2.75) is 57.9 Å². The first kappa shape index (κ1) is 25.5. The van der Waals surface area contributed by atoms with Crippen molar-refractivity contribution in [1.29, 1.82) is 0 Å². The van der Waals surface area contributed by atoms with Crippen molar-refractivity contribution in [3.8, 4) is 11.5 Å². The number of aryl methyl sites for hydroxylation is 1. The third-order valence-electron chi connectivity index (χ3n) is 7.58. The molecule has 0 amide bonds. The minimum absolute atomic E-state index is 0.0355. The Morgan fingerprint density at radius 3 is 2.64 bits per heavy atom. The lowest BCUT2D eigenvalue weighted by Crippen LogP contribution is -2.24. The minimum Gasteiger partial charge on any atom is -0.456 e. The maximum atomic E-state index is 12.2. The van der Waals surface area contributed by atoms with Crippen LogP contribution in [0.15, 0.2) is 36.7 Å². The number of Topliss-reactive ketones (excluding diaryl/α,β-unsaturated/α-hetero) is 1. The third-order valence-corrected chi connectivity index (χ3v) is 7.58. The van der Waals surface area contributed by atoms with E-state index in [1.54, 1.807) is 18.5 Å². The highest BCUT2D eigenvalue weighted by Gasteiger charge is 2.30. The van der Waals surface area contributed by atoms with E-state index >= 15 is 0 Å². The number of likely N-dealkylation sites (tertiary alicyclic amines) is 1. The van der Waals surface area contributed by atoms with Crippen molar-refractivity contribution in [1.82, 2.24) is 34.2 Å². The number of ether oxygens (including phenoxy) is 1. The van der Waals surface area contributed by atoms with Crippen LogP contribution >= 0.6 is 0 Å². The van der Waals surface area contributed by atoms with Gasteiger partial charge in [0.15, 0.2) is 11.5 Å². The number of imidazole rings is 1. The molecule has 2 aliphatic rings. The summed E-state index contributed by atoms with van der Waals surface area (Å²) in [6.45, 7) is 8.75. The molecule has 5 heterocycles. The smallest absolute Gasteiger partial charge is 0.210 e. The number of ketones is 1. The summed E-state index contributed by atoms with van der Waals surface area (Å²) < 4.78 is 10.2. The monoisotopic (exact) mass is 528 g/mol. The van der Waals surface area contributed by atoms with Crippen molar-refractivity contribution in [3.63, 3.8) is 0 Å². The molecule has 0 bridgehead atoms. The van der Waals surface area contributed by atoms with Crippen molar-refractivity contribution in [2.24, 2.45) is 13.0 Å². The molecule has 1 aliphatic heterocycles. The molecule has 1 saturated carbocycles. The largest absolute Gasteiger partial charge is 0.456 e. The van der Waals surface area contributed by atoms with Crippen LogP contribution in [-0.4, -0.2) is 60.1 Å². The Bertz CT molecular complexity index is 1530. The van der Waals surface area contributed by atoms with Gasteiger partial charge in [0.05, 0.1) is 23.4 Å². The summed E-state index contributed by atoms with van der Waals surface area (Å²) in [5.41, 5.74) is 3.34. The number of rotatable bonds is 8. The van der Waals surface area contributed by atoms with Crippen molar-refractivity contribution >= 4 is 28.7 Å². The molecule has 204 valence electrons. The van der Waals surface area contributed by atoms with E-state index in [1.165, 1.54) is 5.69 Å². The quantitative estimate of drug-likeness (QED) is 0.348. The number of nitrogens with zero attached hydrogens (tertiary/aromatic N) is 7. The lowest BCUT2D eigenvalue weighted by atomic mass is 9.91. The fourth-order valence-corrected chi connectivity index (χ4v) is 5.22. The van der Waals surface area contributed by atoms with Crippen LogP contribution in [0.5, 0.6) is 11.5 Å². The fraction of sp³-hybridized carbons (Fsp3) is 0.483. The number of likely N-dealkylation sites (N-methyl/N-ethyl adjacent to an activating group) is 1. The van der Waals surface area contributed by atoms with E-state index in [-0.39, 0.29) is 17.1 Å². The average Bonchev–Trinajstić information content (AvgIpc) is 3.40. The zero-order valence-electron chi connectivity index (χ0n) is 23.3.